The summed E-state index contributed by atoms with van der Waals surface area (Å²) in [6.07, 6.45) is 8.81. The van der Waals surface area contributed by atoms with Crippen LogP contribution >= 0.6 is 11.3 Å². The Morgan fingerprint density at radius 1 is 0.534 bits per heavy atom. The van der Waals surface area contributed by atoms with Gasteiger partial charge in [0.1, 0.15) is 11.2 Å². The average molecular weight is 761 g/mol. The fourth-order valence-corrected chi connectivity index (χ4v) is 10.4. The van der Waals surface area contributed by atoms with Gasteiger partial charge in [0.25, 0.3) is 0 Å². The first-order valence-electron chi connectivity index (χ1n) is 20.0. The number of allylic oxidation sites excluding steroid dienone is 4. The van der Waals surface area contributed by atoms with Crippen LogP contribution in [0, 0.1) is 0 Å². The summed E-state index contributed by atoms with van der Waals surface area (Å²) in [6.45, 7) is 0. The fourth-order valence-electron chi connectivity index (χ4n) is 9.18. The quantitative estimate of drug-likeness (QED) is 0.168. The Bertz CT molecular complexity index is 3400. The zero-order valence-corrected chi connectivity index (χ0v) is 32.4. The topological polar surface area (TPSA) is 21.3 Å². The molecule has 12 rings (SSSR count). The Morgan fingerprint density at radius 2 is 1.17 bits per heavy atom. The van der Waals surface area contributed by atoms with Crippen LogP contribution < -0.4 is 4.90 Å². The number of benzene rings is 8. The van der Waals surface area contributed by atoms with E-state index in [4.69, 9.17) is 4.42 Å². The number of anilines is 3. The highest BCUT2D eigenvalue weighted by Crippen LogP contribution is 2.46. The van der Waals surface area contributed by atoms with Crippen LogP contribution in [0.25, 0.3) is 86.3 Å². The summed E-state index contributed by atoms with van der Waals surface area (Å²) < 4.78 is 11.4. The third-order valence-electron chi connectivity index (χ3n) is 11.9. The van der Waals surface area contributed by atoms with E-state index in [0.29, 0.717) is 0 Å². The van der Waals surface area contributed by atoms with Crippen molar-refractivity contribution >= 4 is 97.9 Å². The van der Waals surface area contributed by atoms with Gasteiger partial charge in [0.15, 0.2) is 0 Å². The van der Waals surface area contributed by atoms with Gasteiger partial charge in [-0.25, -0.2) is 0 Å². The molecule has 0 radical (unpaired) electrons. The lowest BCUT2D eigenvalue weighted by Crippen LogP contribution is -2.10. The summed E-state index contributed by atoms with van der Waals surface area (Å²) >= 11 is 1.88. The van der Waals surface area contributed by atoms with Crippen molar-refractivity contribution in [3.8, 4) is 16.8 Å². The largest absolute Gasteiger partial charge is 0.456 e. The smallest absolute Gasteiger partial charge is 0.137 e. The molecule has 0 saturated carbocycles. The van der Waals surface area contributed by atoms with E-state index in [0.717, 1.165) is 57.5 Å². The Balaban J connectivity index is 1.05. The van der Waals surface area contributed by atoms with Crippen LogP contribution in [0.1, 0.15) is 18.4 Å². The van der Waals surface area contributed by atoms with Gasteiger partial charge in [-0.3, -0.25) is 0 Å². The van der Waals surface area contributed by atoms with Crippen LogP contribution in [0.15, 0.2) is 199 Å². The number of rotatable bonds is 6. The molecule has 11 aromatic rings. The number of hydrogen-bond acceptors (Lipinski definition) is 3. The second kappa shape index (κ2) is 13.2. The maximum absolute atomic E-state index is 6.41. The molecule has 3 aromatic heterocycles. The molecule has 0 fully saturated rings. The van der Waals surface area contributed by atoms with Crippen molar-refractivity contribution in [2.75, 3.05) is 4.90 Å². The van der Waals surface area contributed by atoms with E-state index >= 15 is 0 Å². The van der Waals surface area contributed by atoms with Crippen molar-refractivity contribution < 1.29 is 4.42 Å². The summed E-state index contributed by atoms with van der Waals surface area (Å²) in [6, 6.07) is 64.1. The summed E-state index contributed by atoms with van der Waals surface area (Å²) in [5.74, 6) is 0. The third kappa shape index (κ3) is 5.19. The van der Waals surface area contributed by atoms with Crippen molar-refractivity contribution in [1.82, 2.24) is 4.57 Å². The van der Waals surface area contributed by atoms with E-state index in [2.05, 4.69) is 198 Å². The molecule has 58 heavy (non-hydrogen) atoms. The van der Waals surface area contributed by atoms with Crippen molar-refractivity contribution in [3.05, 3.63) is 200 Å². The standard InChI is InChI=1S/C54H36N2OS/c1-2-13-35(14-3-1)36-25-29-38(30-26-36)55(49-21-12-23-51-53(49)44-18-6-10-22-50(44)57-51)39-31-27-37(28-32-39)45-33-40(34-46-43-17-7-11-24-52(43)58-54(45)46)56-47-19-8-4-15-41(47)42-16-5-9-20-48(42)56/h1-2,4-13,15-34H,3,14H2. The molecule has 0 spiro atoms. The number of nitrogens with zero attached hydrogens (tertiary/aromatic N) is 2. The normalized spacial score (nSPS) is 13.1. The number of furan rings is 1. The number of fused-ring (bicyclic) bond motifs is 9. The average Bonchev–Trinajstić information content (AvgIpc) is 3.97. The molecule has 274 valence electrons. The monoisotopic (exact) mass is 760 g/mol. The molecule has 0 aliphatic heterocycles. The van der Waals surface area contributed by atoms with Crippen molar-refractivity contribution in [2.45, 2.75) is 12.8 Å². The lowest BCUT2D eigenvalue weighted by atomic mass is 9.97. The van der Waals surface area contributed by atoms with Gasteiger partial charge in [-0.15, -0.1) is 11.3 Å². The van der Waals surface area contributed by atoms with E-state index in [1.54, 1.807) is 0 Å². The molecule has 0 unspecified atom stereocenters. The van der Waals surface area contributed by atoms with Crippen molar-refractivity contribution in [1.29, 1.82) is 0 Å². The summed E-state index contributed by atoms with van der Waals surface area (Å²) in [5.41, 5.74) is 13.7. The van der Waals surface area contributed by atoms with Gasteiger partial charge in [0.05, 0.1) is 22.1 Å². The third-order valence-corrected chi connectivity index (χ3v) is 13.1. The van der Waals surface area contributed by atoms with Gasteiger partial charge in [0, 0.05) is 59.0 Å². The second-order valence-corrected chi connectivity index (χ2v) is 16.2. The predicted molar refractivity (Wildman–Crippen MR) is 247 cm³/mol. The molecule has 1 aliphatic rings. The van der Waals surface area contributed by atoms with Gasteiger partial charge >= 0.3 is 0 Å². The molecule has 1 aliphatic carbocycles. The van der Waals surface area contributed by atoms with E-state index in [1.165, 1.54) is 64.2 Å². The van der Waals surface area contributed by atoms with Crippen LogP contribution in [-0.4, -0.2) is 4.57 Å². The Hall–Kier alpha value is -7.14. The molecule has 3 heterocycles. The minimum Gasteiger partial charge on any atom is -0.456 e. The van der Waals surface area contributed by atoms with E-state index in [-0.39, 0.29) is 0 Å². The first-order chi connectivity index (χ1) is 28.8. The highest BCUT2D eigenvalue weighted by Gasteiger charge is 2.21. The molecule has 4 heteroatoms. The van der Waals surface area contributed by atoms with Crippen LogP contribution in [0.5, 0.6) is 0 Å². The summed E-state index contributed by atoms with van der Waals surface area (Å²) in [4.78, 5) is 2.39. The van der Waals surface area contributed by atoms with Crippen LogP contribution in [0.4, 0.5) is 17.1 Å². The second-order valence-electron chi connectivity index (χ2n) is 15.2. The lowest BCUT2D eigenvalue weighted by Gasteiger charge is -2.27. The zero-order valence-electron chi connectivity index (χ0n) is 31.6. The van der Waals surface area contributed by atoms with Crippen LogP contribution in [0.3, 0.4) is 0 Å². The molecule has 3 nitrogen and oxygen atoms in total. The van der Waals surface area contributed by atoms with E-state index < -0.39 is 0 Å². The lowest BCUT2D eigenvalue weighted by molar-refractivity contribution is 0.669. The summed E-state index contributed by atoms with van der Waals surface area (Å²) in [7, 11) is 0. The molecular weight excluding hydrogens is 725 g/mol. The number of para-hydroxylation sites is 3. The van der Waals surface area contributed by atoms with Gasteiger partial charge in [-0.05, 0) is 102 Å². The Labute approximate surface area is 339 Å². The Morgan fingerprint density at radius 3 is 1.90 bits per heavy atom. The van der Waals surface area contributed by atoms with Gasteiger partial charge in [-0.2, -0.15) is 0 Å². The highest BCUT2D eigenvalue weighted by atomic mass is 32.1. The summed E-state index contributed by atoms with van der Waals surface area (Å²) in [5, 5.41) is 7.32. The Kier molecular flexibility index (Phi) is 7.54. The maximum atomic E-state index is 6.41. The number of aromatic nitrogens is 1. The number of thiophene rings is 1. The van der Waals surface area contributed by atoms with Crippen LogP contribution in [-0.2, 0) is 0 Å². The predicted octanol–water partition coefficient (Wildman–Crippen LogP) is 15.9. The van der Waals surface area contributed by atoms with Crippen molar-refractivity contribution in [3.63, 3.8) is 0 Å². The fraction of sp³-hybridized carbons (Fsp3) is 0.0370. The highest BCUT2D eigenvalue weighted by molar-refractivity contribution is 7.26. The van der Waals surface area contributed by atoms with Gasteiger partial charge < -0.3 is 13.9 Å². The molecule has 0 bridgehead atoms. The zero-order chi connectivity index (χ0) is 38.2. The molecule has 0 saturated heterocycles. The number of hydrogen-bond donors (Lipinski definition) is 0. The molecular formula is C54H36N2OS. The van der Waals surface area contributed by atoms with E-state index in [1.807, 2.05) is 17.4 Å². The van der Waals surface area contributed by atoms with Gasteiger partial charge in [0.2, 0.25) is 0 Å². The molecule has 0 N–H and O–H groups in total. The van der Waals surface area contributed by atoms with Crippen LogP contribution in [0.2, 0.25) is 0 Å². The first kappa shape index (κ1) is 33.0. The maximum Gasteiger partial charge on any atom is 0.137 e. The SMILES string of the molecule is C1=CCCC(c2ccc(N(c3ccc(-c4cc(-n5c6ccccc6c6ccccc65)cc5c4sc4ccccc45)cc3)c3cccc4oc5ccccc5c34)cc2)=C1. The minimum atomic E-state index is 0.880. The minimum absolute atomic E-state index is 0.880. The molecule has 8 aromatic carbocycles. The van der Waals surface area contributed by atoms with E-state index in [9.17, 15) is 0 Å². The molecule has 0 atom stereocenters. The van der Waals surface area contributed by atoms with Crippen molar-refractivity contribution in [2.24, 2.45) is 0 Å². The van der Waals surface area contributed by atoms with Gasteiger partial charge in [-0.1, -0.05) is 121 Å². The molecule has 0 amide bonds. The first-order valence-corrected chi connectivity index (χ1v) is 20.8.